The molecule has 4 fully saturated rings. The van der Waals surface area contributed by atoms with Gasteiger partial charge in [-0.05, 0) is 51.7 Å². The van der Waals surface area contributed by atoms with Crippen molar-refractivity contribution in [3.63, 3.8) is 0 Å². The standard InChI is InChI=1S/C22H31NO7.Na/c1-13(2)5-6-16-21(3,30-16)19-18(27-4)15(7-8-22(19)12-28-22)29-20(26)23-10-14(11-23)9-17(24)25;/h5,9,15-16,18-19H,6-8,10-12H2,1-4H3,(H,24,25);/q;+1/p-1/t15-,16-,18?,19-,21+,22+;/m1./s1. The van der Waals surface area contributed by atoms with Crippen molar-refractivity contribution in [2.75, 3.05) is 26.8 Å². The van der Waals surface area contributed by atoms with Gasteiger partial charge in [-0.25, -0.2) is 4.79 Å². The first kappa shape index (κ1) is 24.7. The van der Waals surface area contributed by atoms with Crippen LogP contribution in [0.2, 0.25) is 0 Å². The molecule has 8 nitrogen and oxygen atoms in total. The van der Waals surface area contributed by atoms with Gasteiger partial charge >= 0.3 is 35.7 Å². The number of epoxide rings is 2. The van der Waals surface area contributed by atoms with Gasteiger partial charge < -0.3 is 33.7 Å². The first-order valence-corrected chi connectivity index (χ1v) is 10.5. The summed E-state index contributed by atoms with van der Waals surface area (Å²) in [6.07, 6.45) is 4.42. The average molecular weight is 443 g/mol. The quantitative estimate of drug-likeness (QED) is 0.206. The summed E-state index contributed by atoms with van der Waals surface area (Å²) in [5.41, 5.74) is 1.25. The number of carbonyl (C=O) groups excluding carboxylic acids is 2. The van der Waals surface area contributed by atoms with Crippen molar-refractivity contribution in [2.24, 2.45) is 5.92 Å². The van der Waals surface area contributed by atoms with Crippen molar-refractivity contribution in [1.82, 2.24) is 4.90 Å². The van der Waals surface area contributed by atoms with Crippen LogP contribution in [0.15, 0.2) is 23.3 Å². The number of carboxylic acids is 1. The molecule has 0 N–H and O–H groups in total. The number of hydrogen-bond acceptors (Lipinski definition) is 7. The van der Waals surface area contributed by atoms with Gasteiger partial charge in [-0.2, -0.15) is 0 Å². The van der Waals surface area contributed by atoms with Gasteiger partial charge in [0.25, 0.3) is 0 Å². The number of nitrogens with zero attached hydrogens (tertiary/aromatic N) is 1. The van der Waals surface area contributed by atoms with E-state index >= 15 is 0 Å². The second-order valence-electron chi connectivity index (χ2n) is 9.28. The Morgan fingerprint density at radius 3 is 2.55 bits per heavy atom. The van der Waals surface area contributed by atoms with Gasteiger partial charge in [0.1, 0.15) is 23.4 Å². The molecule has 1 aliphatic carbocycles. The van der Waals surface area contributed by atoms with Gasteiger partial charge in [0, 0.05) is 20.2 Å². The third kappa shape index (κ3) is 4.89. The van der Waals surface area contributed by atoms with Crippen LogP contribution in [0, 0.1) is 5.92 Å². The summed E-state index contributed by atoms with van der Waals surface area (Å²) in [5, 5.41) is 10.6. The predicted octanol–water partition coefficient (Wildman–Crippen LogP) is -1.80. The third-order valence-corrected chi connectivity index (χ3v) is 6.86. The number of hydrogen-bond donors (Lipinski definition) is 0. The number of allylic oxidation sites excluding steroid dienone is 1. The van der Waals surface area contributed by atoms with E-state index in [9.17, 15) is 14.7 Å². The Kier molecular flexibility index (Phi) is 7.30. The first-order valence-electron chi connectivity index (χ1n) is 10.5. The van der Waals surface area contributed by atoms with Crippen molar-refractivity contribution < 1.29 is 63.2 Å². The van der Waals surface area contributed by atoms with Gasteiger partial charge in [-0.1, -0.05) is 11.6 Å². The summed E-state index contributed by atoms with van der Waals surface area (Å²) in [7, 11) is 1.64. The second kappa shape index (κ2) is 9.15. The fourth-order valence-corrected chi connectivity index (χ4v) is 5.11. The Bertz CT molecular complexity index is 781. The molecular formula is C22H30NNaO7. The van der Waals surface area contributed by atoms with E-state index in [1.165, 1.54) is 10.5 Å². The topological polar surface area (TPSA) is 104 Å². The van der Waals surface area contributed by atoms with Crippen molar-refractivity contribution >= 4 is 12.1 Å². The van der Waals surface area contributed by atoms with Crippen LogP contribution < -0.4 is 34.7 Å². The Morgan fingerprint density at radius 1 is 1.32 bits per heavy atom. The molecule has 3 saturated heterocycles. The van der Waals surface area contributed by atoms with Gasteiger partial charge in [0.05, 0.1) is 24.6 Å². The van der Waals surface area contributed by atoms with E-state index in [2.05, 4.69) is 26.8 Å². The largest absolute Gasteiger partial charge is 1.00 e. The van der Waals surface area contributed by atoms with E-state index < -0.39 is 18.2 Å². The van der Waals surface area contributed by atoms with Crippen LogP contribution in [0.5, 0.6) is 0 Å². The van der Waals surface area contributed by atoms with Crippen LogP contribution in [0.4, 0.5) is 4.79 Å². The normalized spacial score (nSPS) is 37.9. The molecule has 9 heteroatoms. The fraction of sp³-hybridized carbons (Fsp3) is 0.727. The van der Waals surface area contributed by atoms with Gasteiger partial charge in [0.15, 0.2) is 0 Å². The number of carbonyl (C=O) groups is 2. The van der Waals surface area contributed by atoms with Gasteiger partial charge in [-0.15, -0.1) is 0 Å². The maximum absolute atomic E-state index is 12.6. The molecule has 0 radical (unpaired) electrons. The molecule has 1 spiro atoms. The van der Waals surface area contributed by atoms with E-state index in [0.717, 1.165) is 18.9 Å². The van der Waals surface area contributed by atoms with Crippen molar-refractivity contribution in [3.05, 3.63) is 23.3 Å². The van der Waals surface area contributed by atoms with Crippen molar-refractivity contribution in [3.8, 4) is 0 Å². The fourth-order valence-electron chi connectivity index (χ4n) is 5.11. The molecule has 1 unspecified atom stereocenters. The Hall–Kier alpha value is -0.900. The monoisotopic (exact) mass is 443 g/mol. The number of aliphatic carboxylic acids is 1. The van der Waals surface area contributed by atoms with Crippen LogP contribution >= 0.6 is 0 Å². The summed E-state index contributed by atoms with van der Waals surface area (Å²) >= 11 is 0. The van der Waals surface area contributed by atoms with E-state index in [0.29, 0.717) is 18.6 Å². The molecule has 31 heavy (non-hydrogen) atoms. The van der Waals surface area contributed by atoms with E-state index in [1.807, 2.05) is 0 Å². The molecule has 0 aromatic rings. The molecule has 1 amide bonds. The summed E-state index contributed by atoms with van der Waals surface area (Å²) in [4.78, 5) is 24.7. The molecule has 4 aliphatic rings. The zero-order chi connectivity index (χ0) is 21.7. The van der Waals surface area contributed by atoms with E-state index in [1.54, 1.807) is 7.11 Å². The van der Waals surface area contributed by atoms with Crippen LogP contribution in [0.3, 0.4) is 0 Å². The molecule has 0 bridgehead atoms. The van der Waals surface area contributed by atoms with Crippen molar-refractivity contribution in [1.29, 1.82) is 0 Å². The Morgan fingerprint density at radius 2 is 2.00 bits per heavy atom. The number of rotatable bonds is 6. The minimum absolute atomic E-state index is 0. The number of methoxy groups -OCH3 is 1. The number of amides is 1. The zero-order valence-electron chi connectivity index (χ0n) is 19.0. The molecule has 4 rings (SSSR count). The maximum Gasteiger partial charge on any atom is 1.00 e. The number of likely N-dealkylation sites (tertiary alicyclic amines) is 1. The number of ether oxygens (including phenoxy) is 4. The second-order valence-corrected chi connectivity index (χ2v) is 9.28. The summed E-state index contributed by atoms with van der Waals surface area (Å²) < 4.78 is 23.8. The first-order chi connectivity index (χ1) is 14.2. The Labute approximate surface area is 205 Å². The molecule has 0 aromatic heterocycles. The number of carboxylic acid groups (broad SMARTS) is 1. The Balaban J connectivity index is 0.00000272. The summed E-state index contributed by atoms with van der Waals surface area (Å²) in [6.45, 7) is 7.42. The molecule has 166 valence electrons. The smallest absolute Gasteiger partial charge is 0.545 e. The van der Waals surface area contributed by atoms with E-state index in [-0.39, 0.29) is 72.0 Å². The van der Waals surface area contributed by atoms with Gasteiger partial charge in [-0.3, -0.25) is 0 Å². The van der Waals surface area contributed by atoms with Crippen LogP contribution in [-0.2, 0) is 23.7 Å². The minimum Gasteiger partial charge on any atom is -0.545 e. The third-order valence-electron chi connectivity index (χ3n) is 6.86. The average Bonchev–Trinajstić information content (AvgIpc) is 3.55. The van der Waals surface area contributed by atoms with Crippen LogP contribution in [0.1, 0.15) is 40.0 Å². The zero-order valence-corrected chi connectivity index (χ0v) is 21.0. The molecule has 0 aromatic carbocycles. The van der Waals surface area contributed by atoms with Crippen LogP contribution in [0.25, 0.3) is 0 Å². The van der Waals surface area contributed by atoms with Crippen molar-refractivity contribution in [2.45, 2.75) is 69.5 Å². The molecular weight excluding hydrogens is 413 g/mol. The molecule has 6 atom stereocenters. The molecule has 3 aliphatic heterocycles. The minimum atomic E-state index is -1.25. The predicted molar refractivity (Wildman–Crippen MR) is 104 cm³/mol. The maximum atomic E-state index is 12.6. The summed E-state index contributed by atoms with van der Waals surface area (Å²) in [5.74, 6) is -1.27. The van der Waals surface area contributed by atoms with Gasteiger partial charge in [0.2, 0.25) is 0 Å². The summed E-state index contributed by atoms with van der Waals surface area (Å²) in [6, 6.07) is 0. The SMILES string of the molecule is COC1[C@H](OC(=O)N2CC(=CC(=O)[O-])C2)CC[C@]2(CO2)[C@H]1[C@@]1(C)O[C@@H]1CC=C(C)C.[Na+]. The van der Waals surface area contributed by atoms with Crippen LogP contribution in [-0.4, -0.2) is 73.3 Å². The molecule has 3 heterocycles. The molecule has 1 saturated carbocycles. The van der Waals surface area contributed by atoms with E-state index in [4.69, 9.17) is 18.9 Å².